The summed E-state index contributed by atoms with van der Waals surface area (Å²) in [5.41, 5.74) is -1.26. The number of aliphatic hydroxyl groups is 3. The molecule has 7 heteroatoms. The Hall–Kier alpha value is -1.44. The zero-order valence-corrected chi connectivity index (χ0v) is 8.98. The lowest BCUT2D eigenvalue weighted by Crippen LogP contribution is -2.49. The number of nitrogens with one attached hydrogen (secondary N) is 1. The molecule has 94 valence electrons. The van der Waals surface area contributed by atoms with Gasteiger partial charge in [0.15, 0.2) is 0 Å². The average Bonchev–Trinajstić information content (AvgIpc) is 2.27. The van der Waals surface area contributed by atoms with Gasteiger partial charge in [-0.3, -0.25) is 14.3 Å². The van der Waals surface area contributed by atoms with Crippen molar-refractivity contribution in [2.24, 2.45) is 0 Å². The molecule has 1 aromatic rings. The fourth-order valence-electron chi connectivity index (χ4n) is 2.15. The molecule has 1 aliphatic rings. The number of hydrogen-bond acceptors (Lipinski definition) is 5. The van der Waals surface area contributed by atoms with Gasteiger partial charge < -0.3 is 15.3 Å². The molecule has 0 amide bonds. The summed E-state index contributed by atoms with van der Waals surface area (Å²) in [5, 5.41) is 29.1. The van der Waals surface area contributed by atoms with Crippen molar-refractivity contribution in [1.29, 1.82) is 0 Å². The van der Waals surface area contributed by atoms with Crippen LogP contribution < -0.4 is 11.2 Å². The van der Waals surface area contributed by atoms with Crippen LogP contribution in [-0.2, 0) is 0 Å². The Morgan fingerprint density at radius 3 is 2.47 bits per heavy atom. The highest BCUT2D eigenvalue weighted by Gasteiger charge is 2.38. The maximum Gasteiger partial charge on any atom is 0.328 e. The molecule has 1 aromatic heterocycles. The molecule has 4 atom stereocenters. The fourth-order valence-corrected chi connectivity index (χ4v) is 2.15. The summed E-state index contributed by atoms with van der Waals surface area (Å²) in [7, 11) is 0. The maximum atomic E-state index is 11.5. The molecule has 2 rings (SSSR count). The maximum absolute atomic E-state index is 11.5. The molecule has 0 bridgehead atoms. The largest absolute Gasteiger partial charge is 0.391 e. The monoisotopic (exact) mass is 242 g/mol. The third-order valence-corrected chi connectivity index (χ3v) is 3.07. The molecule has 0 aromatic carbocycles. The van der Waals surface area contributed by atoms with Crippen molar-refractivity contribution < 1.29 is 15.3 Å². The first-order valence-electron chi connectivity index (χ1n) is 5.36. The highest BCUT2D eigenvalue weighted by atomic mass is 16.3. The van der Waals surface area contributed by atoms with Crippen LogP contribution in [0.25, 0.3) is 0 Å². The smallest absolute Gasteiger partial charge is 0.328 e. The molecule has 0 spiro atoms. The van der Waals surface area contributed by atoms with E-state index in [-0.39, 0.29) is 12.8 Å². The summed E-state index contributed by atoms with van der Waals surface area (Å²) >= 11 is 0. The van der Waals surface area contributed by atoms with E-state index in [0.717, 1.165) is 10.6 Å². The van der Waals surface area contributed by atoms with E-state index in [1.54, 1.807) is 0 Å². The molecule has 4 N–H and O–H groups in total. The van der Waals surface area contributed by atoms with Crippen molar-refractivity contribution in [3.05, 3.63) is 33.1 Å². The van der Waals surface area contributed by atoms with E-state index in [4.69, 9.17) is 0 Å². The van der Waals surface area contributed by atoms with Crippen LogP contribution in [-0.4, -0.2) is 43.2 Å². The summed E-state index contributed by atoms with van der Waals surface area (Å²) in [6.45, 7) is 0. The lowest BCUT2D eigenvalue weighted by atomic mass is 9.87. The second kappa shape index (κ2) is 4.44. The van der Waals surface area contributed by atoms with Gasteiger partial charge in [0.1, 0.15) is 6.10 Å². The minimum absolute atomic E-state index is 0.275. The van der Waals surface area contributed by atoms with Crippen molar-refractivity contribution >= 4 is 0 Å². The van der Waals surface area contributed by atoms with Crippen molar-refractivity contribution in [1.82, 2.24) is 9.55 Å². The molecule has 0 aliphatic heterocycles. The van der Waals surface area contributed by atoms with Gasteiger partial charge in [-0.1, -0.05) is 0 Å². The number of aromatic nitrogens is 2. The molecule has 4 unspecified atom stereocenters. The quantitative estimate of drug-likeness (QED) is 0.452. The number of aromatic amines is 1. The van der Waals surface area contributed by atoms with E-state index in [2.05, 4.69) is 0 Å². The molecule has 1 fully saturated rings. The van der Waals surface area contributed by atoms with Gasteiger partial charge in [0, 0.05) is 12.3 Å². The van der Waals surface area contributed by atoms with Gasteiger partial charge >= 0.3 is 5.69 Å². The molecular weight excluding hydrogens is 228 g/mol. The molecule has 1 heterocycles. The number of hydrogen-bond donors (Lipinski definition) is 4. The lowest BCUT2D eigenvalue weighted by Gasteiger charge is -2.36. The van der Waals surface area contributed by atoms with Crippen LogP contribution in [0, 0.1) is 0 Å². The van der Waals surface area contributed by atoms with Gasteiger partial charge in [0.2, 0.25) is 0 Å². The Kier molecular flexibility index (Phi) is 3.14. The predicted octanol–water partition coefficient (Wildman–Crippen LogP) is -2.05. The highest BCUT2D eigenvalue weighted by molar-refractivity contribution is 4.95. The van der Waals surface area contributed by atoms with Crippen LogP contribution >= 0.6 is 0 Å². The van der Waals surface area contributed by atoms with Crippen molar-refractivity contribution in [2.45, 2.75) is 37.2 Å². The van der Waals surface area contributed by atoms with Crippen LogP contribution in [0.2, 0.25) is 0 Å². The van der Waals surface area contributed by atoms with E-state index in [0.29, 0.717) is 0 Å². The first-order valence-corrected chi connectivity index (χ1v) is 5.36. The summed E-state index contributed by atoms with van der Waals surface area (Å²) in [6.07, 6.45) is -1.39. The van der Waals surface area contributed by atoms with Gasteiger partial charge in [0.25, 0.3) is 5.56 Å². The zero-order valence-electron chi connectivity index (χ0n) is 8.98. The summed E-state index contributed by atoms with van der Waals surface area (Å²) in [6, 6.07) is 0.185. The van der Waals surface area contributed by atoms with Crippen LogP contribution in [0.5, 0.6) is 0 Å². The van der Waals surface area contributed by atoms with Crippen molar-refractivity contribution in [3.8, 4) is 0 Å². The number of rotatable bonds is 1. The van der Waals surface area contributed by atoms with Crippen LogP contribution in [0.4, 0.5) is 0 Å². The molecular formula is C10H14N2O5. The van der Waals surface area contributed by atoms with E-state index < -0.39 is 35.6 Å². The number of nitrogens with zero attached hydrogens (tertiary/aromatic N) is 1. The molecule has 17 heavy (non-hydrogen) atoms. The Morgan fingerprint density at radius 2 is 1.82 bits per heavy atom. The minimum atomic E-state index is -1.23. The molecule has 0 radical (unpaired) electrons. The van der Waals surface area contributed by atoms with Crippen molar-refractivity contribution in [2.75, 3.05) is 0 Å². The summed E-state index contributed by atoms with van der Waals surface area (Å²) < 4.78 is 1.04. The lowest BCUT2D eigenvalue weighted by molar-refractivity contribution is -0.0891. The Morgan fingerprint density at radius 1 is 1.18 bits per heavy atom. The normalized spacial score (nSPS) is 33.6. The SMILES string of the molecule is O=c1ccn(C2C(O)CCC(O)C2O)c(=O)[nH]1. The third kappa shape index (κ3) is 2.17. The summed E-state index contributed by atoms with van der Waals surface area (Å²) in [5.74, 6) is 0. The first-order chi connectivity index (χ1) is 8.00. The van der Waals surface area contributed by atoms with E-state index >= 15 is 0 Å². The zero-order chi connectivity index (χ0) is 12.6. The Labute approximate surface area is 96.0 Å². The van der Waals surface area contributed by atoms with E-state index in [1.807, 2.05) is 4.98 Å². The molecule has 1 aliphatic carbocycles. The topological polar surface area (TPSA) is 116 Å². The fraction of sp³-hybridized carbons (Fsp3) is 0.600. The Bertz CT molecular complexity index is 508. The van der Waals surface area contributed by atoms with Crippen LogP contribution in [0.1, 0.15) is 18.9 Å². The second-order valence-electron chi connectivity index (χ2n) is 4.21. The first kappa shape index (κ1) is 12.0. The Balaban J connectivity index is 2.43. The number of aliphatic hydroxyl groups excluding tert-OH is 3. The molecule has 7 nitrogen and oxygen atoms in total. The van der Waals surface area contributed by atoms with Gasteiger partial charge in [-0.15, -0.1) is 0 Å². The highest BCUT2D eigenvalue weighted by Crippen LogP contribution is 2.28. The van der Waals surface area contributed by atoms with Gasteiger partial charge in [-0.25, -0.2) is 4.79 Å². The molecule has 1 saturated carbocycles. The molecule has 0 saturated heterocycles. The van der Waals surface area contributed by atoms with Gasteiger partial charge in [0.05, 0.1) is 18.2 Å². The van der Waals surface area contributed by atoms with Crippen LogP contribution in [0.3, 0.4) is 0 Å². The number of H-pyrrole nitrogens is 1. The summed E-state index contributed by atoms with van der Waals surface area (Å²) in [4.78, 5) is 24.5. The average molecular weight is 242 g/mol. The minimum Gasteiger partial charge on any atom is -0.391 e. The predicted molar refractivity (Wildman–Crippen MR) is 57.6 cm³/mol. The second-order valence-corrected chi connectivity index (χ2v) is 4.21. The van der Waals surface area contributed by atoms with Crippen LogP contribution in [0.15, 0.2) is 21.9 Å². The van der Waals surface area contributed by atoms with Gasteiger partial charge in [-0.2, -0.15) is 0 Å². The third-order valence-electron chi connectivity index (χ3n) is 3.07. The van der Waals surface area contributed by atoms with E-state index in [9.17, 15) is 24.9 Å². The standard InChI is InChI=1S/C10H14N2O5/c13-5-1-2-6(14)9(16)8(5)12-4-3-7(15)11-10(12)17/h3-6,8-9,13-14,16H,1-2H2,(H,11,15,17). The van der Waals surface area contributed by atoms with Crippen molar-refractivity contribution in [3.63, 3.8) is 0 Å². The van der Waals surface area contributed by atoms with Gasteiger partial charge in [-0.05, 0) is 12.8 Å². The van der Waals surface area contributed by atoms with E-state index in [1.165, 1.54) is 6.20 Å².